The minimum absolute atomic E-state index is 0.119. The molecule has 2 spiro atoms. The van der Waals surface area contributed by atoms with Gasteiger partial charge in [0, 0.05) is 24.1 Å². The first-order valence-electron chi connectivity index (χ1n) is 12.3. The Morgan fingerprint density at radius 3 is 2.58 bits per heavy atom. The lowest BCUT2D eigenvalue weighted by Gasteiger charge is -2.67. The summed E-state index contributed by atoms with van der Waals surface area (Å²) in [5.74, 6) is -0.518. The summed E-state index contributed by atoms with van der Waals surface area (Å²) in [5, 5.41) is 22.8. The third kappa shape index (κ3) is 3.65. The molecule has 2 N–H and O–H groups in total. The van der Waals surface area contributed by atoms with Crippen LogP contribution >= 0.6 is 11.6 Å². The lowest BCUT2D eigenvalue weighted by molar-refractivity contribution is -0.111. The largest absolute Gasteiger partial charge is 0.476 e. The molecule has 6 rings (SSSR count). The number of hydrogen-bond acceptors (Lipinski definition) is 7. The highest BCUT2D eigenvalue weighted by atomic mass is 35.5. The number of pyridine rings is 1. The molecule has 1 saturated heterocycles. The number of aromatic carboxylic acids is 1. The predicted molar refractivity (Wildman–Crippen MR) is 137 cm³/mol. The second-order valence-electron chi connectivity index (χ2n) is 11.0. The number of nitriles is 1. The molecular weight excluding hydrogens is 476 g/mol. The van der Waals surface area contributed by atoms with E-state index in [1.807, 2.05) is 26.0 Å². The predicted octanol–water partition coefficient (Wildman–Crippen LogP) is 5.50. The number of anilines is 2. The van der Waals surface area contributed by atoms with Crippen LogP contribution in [0.4, 0.5) is 11.5 Å². The summed E-state index contributed by atoms with van der Waals surface area (Å²) in [5.41, 5.74) is 4.78. The van der Waals surface area contributed by atoms with Crippen molar-refractivity contribution in [1.82, 2.24) is 15.0 Å². The molecule has 184 valence electrons. The Morgan fingerprint density at radius 1 is 1.19 bits per heavy atom. The van der Waals surface area contributed by atoms with Crippen molar-refractivity contribution in [2.75, 3.05) is 23.3 Å². The molecule has 1 aliphatic heterocycles. The van der Waals surface area contributed by atoms with E-state index >= 15 is 0 Å². The fourth-order valence-corrected chi connectivity index (χ4v) is 6.83. The summed E-state index contributed by atoms with van der Waals surface area (Å²) < 4.78 is 0. The van der Waals surface area contributed by atoms with Gasteiger partial charge in [-0.05, 0) is 68.7 Å². The molecule has 3 heterocycles. The summed E-state index contributed by atoms with van der Waals surface area (Å²) in [4.78, 5) is 27.6. The van der Waals surface area contributed by atoms with E-state index in [1.54, 1.807) is 12.1 Å². The molecule has 0 unspecified atom stereocenters. The number of rotatable bonds is 5. The van der Waals surface area contributed by atoms with Crippen LogP contribution in [0.25, 0.3) is 11.0 Å². The number of aromatic nitrogens is 3. The summed E-state index contributed by atoms with van der Waals surface area (Å²) in [6.45, 7) is 5.77. The lowest BCUT2D eigenvalue weighted by Crippen LogP contribution is -2.67. The van der Waals surface area contributed by atoms with Gasteiger partial charge in [0.2, 0.25) is 0 Å². The number of nitrogens with zero attached hydrogens (tertiary/aromatic N) is 5. The van der Waals surface area contributed by atoms with Gasteiger partial charge in [0.05, 0.1) is 22.8 Å². The van der Waals surface area contributed by atoms with Crippen LogP contribution in [0.2, 0.25) is 5.15 Å². The van der Waals surface area contributed by atoms with E-state index in [4.69, 9.17) is 21.6 Å². The van der Waals surface area contributed by atoms with Crippen molar-refractivity contribution in [2.45, 2.75) is 52.0 Å². The number of carbonyl (C=O) groups is 1. The van der Waals surface area contributed by atoms with Crippen LogP contribution in [0.1, 0.15) is 72.4 Å². The molecule has 8 nitrogen and oxygen atoms in total. The number of hydrogen-bond donors (Lipinski definition) is 2. The van der Waals surface area contributed by atoms with Crippen molar-refractivity contribution in [3.05, 3.63) is 51.9 Å². The molecule has 1 aromatic carbocycles. The number of carboxylic acids is 1. The number of nitrogens with one attached hydrogen (secondary N) is 1. The Bertz CT molecular complexity index is 1440. The van der Waals surface area contributed by atoms with E-state index in [9.17, 15) is 15.2 Å². The maximum absolute atomic E-state index is 11.7. The van der Waals surface area contributed by atoms with Crippen molar-refractivity contribution >= 4 is 40.1 Å². The van der Waals surface area contributed by atoms with Gasteiger partial charge in [0.15, 0.2) is 17.2 Å². The van der Waals surface area contributed by atoms with Crippen molar-refractivity contribution < 1.29 is 9.90 Å². The number of aryl methyl sites for hydroxylation is 1. The van der Waals surface area contributed by atoms with Gasteiger partial charge in [-0.25, -0.2) is 19.7 Å². The van der Waals surface area contributed by atoms with Crippen molar-refractivity contribution in [1.29, 1.82) is 5.26 Å². The van der Waals surface area contributed by atoms with E-state index < -0.39 is 5.97 Å². The molecule has 3 aliphatic rings. The molecule has 0 bridgehead atoms. The zero-order chi connectivity index (χ0) is 25.2. The highest BCUT2D eigenvalue weighted by molar-refractivity contribution is 6.29. The van der Waals surface area contributed by atoms with Crippen LogP contribution in [-0.2, 0) is 0 Å². The molecule has 9 heteroatoms. The van der Waals surface area contributed by atoms with Gasteiger partial charge in [-0.1, -0.05) is 24.1 Å². The molecule has 2 saturated carbocycles. The zero-order valence-corrected chi connectivity index (χ0v) is 21.1. The third-order valence-corrected chi connectivity index (χ3v) is 8.41. The Labute approximate surface area is 214 Å². The highest BCUT2D eigenvalue weighted by Crippen LogP contribution is 2.67. The van der Waals surface area contributed by atoms with Crippen LogP contribution in [-0.4, -0.2) is 39.1 Å². The second kappa shape index (κ2) is 8.04. The van der Waals surface area contributed by atoms with Crippen LogP contribution in [0, 0.1) is 29.1 Å². The molecule has 3 aromatic rings. The van der Waals surface area contributed by atoms with Gasteiger partial charge in [-0.3, -0.25) is 0 Å². The molecule has 36 heavy (non-hydrogen) atoms. The van der Waals surface area contributed by atoms with Gasteiger partial charge in [0.1, 0.15) is 11.2 Å². The zero-order valence-electron chi connectivity index (χ0n) is 20.3. The van der Waals surface area contributed by atoms with E-state index in [1.165, 1.54) is 32.1 Å². The molecule has 0 radical (unpaired) electrons. The molecule has 2 aliphatic carbocycles. The fourth-order valence-electron chi connectivity index (χ4n) is 6.68. The Balaban J connectivity index is 1.33. The first-order valence-corrected chi connectivity index (χ1v) is 12.7. The van der Waals surface area contributed by atoms with Gasteiger partial charge < -0.3 is 15.3 Å². The average Bonchev–Trinajstić information content (AvgIpc) is 2.76. The first kappa shape index (κ1) is 23.0. The van der Waals surface area contributed by atoms with Crippen molar-refractivity contribution in [3.8, 4) is 6.07 Å². The van der Waals surface area contributed by atoms with E-state index in [0.717, 1.165) is 24.2 Å². The number of benzene rings is 1. The smallest absolute Gasteiger partial charge is 0.356 e. The number of halogens is 1. The first-order chi connectivity index (χ1) is 17.2. The maximum atomic E-state index is 11.7. The van der Waals surface area contributed by atoms with Crippen molar-refractivity contribution in [2.24, 2.45) is 10.8 Å². The fraction of sp³-hybridized carbons (Fsp3) is 0.444. The maximum Gasteiger partial charge on any atom is 0.356 e. The monoisotopic (exact) mass is 502 g/mol. The summed E-state index contributed by atoms with van der Waals surface area (Å²) in [6.07, 6.45) is 6.70. The second-order valence-corrected chi connectivity index (χ2v) is 11.4. The quantitative estimate of drug-likeness (QED) is 0.439. The van der Waals surface area contributed by atoms with Gasteiger partial charge in [0.25, 0.3) is 0 Å². The average molecular weight is 503 g/mol. The SMILES string of the molecule is Cc1cc([C@@H](C)Nc2ccc(Cl)nc2C(=O)O)c2nc(N3CC4(C3)CC3(CCC3)C4)c(C#N)nc2c1. The number of fused-ring (bicyclic) bond motifs is 1. The molecule has 2 aromatic heterocycles. The van der Waals surface area contributed by atoms with Gasteiger partial charge in [-0.15, -0.1) is 0 Å². The summed E-state index contributed by atoms with van der Waals surface area (Å²) >= 11 is 5.92. The Morgan fingerprint density at radius 2 is 1.94 bits per heavy atom. The van der Waals surface area contributed by atoms with Crippen LogP contribution in [0.15, 0.2) is 24.3 Å². The standard InChI is InChI=1S/C27H27ClN6O2/c1-15-8-17(16(2)30-18-4-5-21(28)32-23(18)25(35)36)22-19(9-15)31-20(10-29)24(33-22)34-13-27(14-34)11-26(12-27)6-3-7-26/h4-5,8-9,16,30H,3,6-7,11-14H2,1-2H3,(H,35,36)/t16-/m1/s1. The highest BCUT2D eigenvalue weighted by Gasteiger charge is 2.61. The number of carboxylic acid groups (broad SMARTS) is 1. The summed E-state index contributed by atoms with van der Waals surface area (Å²) in [7, 11) is 0. The lowest BCUT2D eigenvalue weighted by atomic mass is 9.43. The molecule has 3 fully saturated rings. The van der Waals surface area contributed by atoms with E-state index in [2.05, 4.69) is 21.3 Å². The molecule has 1 atom stereocenters. The van der Waals surface area contributed by atoms with Crippen LogP contribution in [0.3, 0.4) is 0 Å². The topological polar surface area (TPSA) is 115 Å². The molecular formula is C27H27ClN6O2. The molecule has 0 amide bonds. The minimum atomic E-state index is -1.16. The van der Waals surface area contributed by atoms with Gasteiger partial charge >= 0.3 is 5.97 Å². The normalized spacial score (nSPS) is 19.8. The summed E-state index contributed by atoms with van der Waals surface area (Å²) in [6, 6.07) is 9.09. The van der Waals surface area contributed by atoms with E-state index in [0.29, 0.717) is 39.1 Å². The van der Waals surface area contributed by atoms with E-state index in [-0.39, 0.29) is 16.9 Å². The minimum Gasteiger partial charge on any atom is -0.476 e. The Kier molecular flexibility index (Phi) is 5.13. The van der Waals surface area contributed by atoms with Crippen LogP contribution in [0.5, 0.6) is 0 Å². The third-order valence-electron chi connectivity index (χ3n) is 8.20. The van der Waals surface area contributed by atoms with Crippen LogP contribution < -0.4 is 10.2 Å². The van der Waals surface area contributed by atoms with Gasteiger partial charge in [-0.2, -0.15) is 5.26 Å². The van der Waals surface area contributed by atoms with Crippen molar-refractivity contribution in [3.63, 3.8) is 0 Å². The Hall–Kier alpha value is -3.44.